The van der Waals surface area contributed by atoms with Crippen LogP contribution in [-0.2, 0) is 0 Å². The van der Waals surface area contributed by atoms with Gasteiger partial charge < -0.3 is 9.64 Å². The van der Waals surface area contributed by atoms with Gasteiger partial charge in [0.2, 0.25) is 5.88 Å². The van der Waals surface area contributed by atoms with Crippen LogP contribution >= 0.6 is 0 Å². The predicted octanol–water partition coefficient (Wildman–Crippen LogP) is 3.53. The average Bonchev–Trinajstić information content (AvgIpc) is 2.74. The summed E-state index contributed by atoms with van der Waals surface area (Å²) in [6.45, 7) is 2.65. The van der Waals surface area contributed by atoms with E-state index in [-0.39, 0.29) is 17.7 Å². The van der Waals surface area contributed by atoms with Crippen molar-refractivity contribution >= 4 is 22.6 Å². The number of aromatic nitrogens is 2. The maximum Gasteiger partial charge on any atom is 0.273 e. The van der Waals surface area contributed by atoms with E-state index in [4.69, 9.17) is 4.74 Å². The van der Waals surface area contributed by atoms with Crippen LogP contribution in [0.3, 0.4) is 0 Å². The van der Waals surface area contributed by atoms with Gasteiger partial charge in [0.15, 0.2) is 0 Å². The molecule has 0 atom stereocenters. The maximum absolute atomic E-state index is 12.8. The van der Waals surface area contributed by atoms with E-state index in [2.05, 4.69) is 9.97 Å². The smallest absolute Gasteiger partial charge is 0.273 e. The van der Waals surface area contributed by atoms with Gasteiger partial charge in [-0.25, -0.2) is 9.97 Å². The number of carbonyl (C=O) groups excluding carboxylic acids is 1. The molecule has 8 nitrogen and oxygen atoms in total. The number of likely N-dealkylation sites (tertiary alicyclic amines) is 1. The number of fused-ring (bicyclic) bond motifs is 1. The Morgan fingerprint density at radius 2 is 1.86 bits per heavy atom. The normalized spacial score (nSPS) is 14.7. The molecular weight excluding hydrogens is 372 g/mol. The zero-order valence-electron chi connectivity index (χ0n) is 15.9. The van der Waals surface area contributed by atoms with E-state index in [9.17, 15) is 14.9 Å². The van der Waals surface area contributed by atoms with Crippen molar-refractivity contribution in [3.63, 3.8) is 0 Å². The number of para-hydroxylation sites is 2. The molecule has 0 N–H and O–H groups in total. The fraction of sp³-hybridized carbons (Fsp3) is 0.286. The van der Waals surface area contributed by atoms with Gasteiger partial charge in [-0.1, -0.05) is 18.2 Å². The molecule has 1 fully saturated rings. The lowest BCUT2D eigenvalue weighted by Gasteiger charge is -2.32. The molecule has 0 spiro atoms. The number of benzene rings is 2. The number of nitro benzene ring substituents is 1. The highest BCUT2D eigenvalue weighted by atomic mass is 16.6. The van der Waals surface area contributed by atoms with Crippen molar-refractivity contribution < 1.29 is 14.5 Å². The molecule has 0 radical (unpaired) electrons. The molecule has 1 aliphatic rings. The standard InChI is InChI=1S/C21H20N4O4/c1-14-16(5-4-8-19(14)25(27)28)21(26)24-11-9-15(10-12-24)29-20-13-22-17-6-2-3-7-18(17)23-20/h2-8,13,15H,9-12H2,1H3. The first-order valence-electron chi connectivity index (χ1n) is 9.44. The van der Waals surface area contributed by atoms with E-state index < -0.39 is 4.92 Å². The number of nitro groups is 1. The van der Waals surface area contributed by atoms with Crippen LogP contribution in [0.4, 0.5) is 5.69 Å². The van der Waals surface area contributed by atoms with Crippen molar-refractivity contribution in [1.82, 2.24) is 14.9 Å². The number of piperidine rings is 1. The van der Waals surface area contributed by atoms with Crippen LogP contribution in [0.15, 0.2) is 48.7 Å². The van der Waals surface area contributed by atoms with Crippen molar-refractivity contribution in [2.45, 2.75) is 25.9 Å². The fourth-order valence-electron chi connectivity index (χ4n) is 3.57. The summed E-state index contributed by atoms with van der Waals surface area (Å²) < 4.78 is 5.97. The second kappa shape index (κ2) is 7.83. The zero-order chi connectivity index (χ0) is 20.4. The van der Waals surface area contributed by atoms with Crippen LogP contribution in [0.1, 0.15) is 28.8 Å². The molecule has 2 heterocycles. The first-order chi connectivity index (χ1) is 14.0. The molecular formula is C21H20N4O4. The maximum atomic E-state index is 12.8. The van der Waals surface area contributed by atoms with E-state index >= 15 is 0 Å². The molecule has 0 saturated carbocycles. The van der Waals surface area contributed by atoms with Crippen LogP contribution in [0.5, 0.6) is 5.88 Å². The second-order valence-electron chi connectivity index (χ2n) is 7.01. The van der Waals surface area contributed by atoms with Gasteiger partial charge in [-0.3, -0.25) is 14.9 Å². The van der Waals surface area contributed by atoms with Crippen LogP contribution in [0.25, 0.3) is 11.0 Å². The summed E-state index contributed by atoms with van der Waals surface area (Å²) in [4.78, 5) is 34.1. The highest BCUT2D eigenvalue weighted by molar-refractivity contribution is 5.96. The Bertz CT molecular complexity index is 1080. The van der Waals surface area contributed by atoms with Crippen molar-refractivity contribution in [2.75, 3.05) is 13.1 Å². The predicted molar refractivity (Wildman–Crippen MR) is 107 cm³/mol. The van der Waals surface area contributed by atoms with Gasteiger partial charge in [-0.15, -0.1) is 0 Å². The van der Waals surface area contributed by atoms with Gasteiger partial charge in [0, 0.05) is 43.1 Å². The molecule has 148 valence electrons. The van der Waals surface area contributed by atoms with Crippen molar-refractivity contribution in [1.29, 1.82) is 0 Å². The SMILES string of the molecule is Cc1c(C(=O)N2CCC(Oc3cnc4ccccc4n3)CC2)cccc1[N+](=O)[O-]. The van der Waals surface area contributed by atoms with Crippen molar-refractivity contribution in [2.24, 2.45) is 0 Å². The Morgan fingerprint density at radius 1 is 1.14 bits per heavy atom. The molecule has 3 aromatic rings. The summed E-state index contributed by atoms with van der Waals surface area (Å²) in [5, 5.41) is 11.1. The highest BCUT2D eigenvalue weighted by Gasteiger charge is 2.27. The molecule has 0 aliphatic carbocycles. The Kier molecular flexibility index (Phi) is 5.07. The molecule has 1 aromatic heterocycles. The van der Waals surface area contributed by atoms with E-state index in [1.54, 1.807) is 30.2 Å². The van der Waals surface area contributed by atoms with Gasteiger partial charge in [0.05, 0.1) is 22.2 Å². The molecule has 1 amide bonds. The summed E-state index contributed by atoms with van der Waals surface area (Å²) in [6.07, 6.45) is 2.88. The number of nitrogens with zero attached hydrogens (tertiary/aromatic N) is 4. The number of carbonyl (C=O) groups is 1. The van der Waals surface area contributed by atoms with Crippen LogP contribution in [0.2, 0.25) is 0 Å². The Hall–Kier alpha value is -3.55. The third kappa shape index (κ3) is 3.87. The molecule has 29 heavy (non-hydrogen) atoms. The first kappa shape index (κ1) is 18.8. The molecule has 2 aromatic carbocycles. The van der Waals surface area contributed by atoms with E-state index in [0.717, 1.165) is 11.0 Å². The summed E-state index contributed by atoms with van der Waals surface area (Å²) >= 11 is 0. The second-order valence-corrected chi connectivity index (χ2v) is 7.01. The molecule has 8 heteroatoms. The van der Waals surface area contributed by atoms with E-state index in [0.29, 0.717) is 42.9 Å². The molecule has 0 unspecified atom stereocenters. The summed E-state index contributed by atoms with van der Waals surface area (Å²) in [5.74, 6) is 0.290. The monoisotopic (exact) mass is 392 g/mol. The van der Waals surface area contributed by atoms with Gasteiger partial charge in [-0.05, 0) is 25.1 Å². The topological polar surface area (TPSA) is 98.5 Å². The quantitative estimate of drug-likeness (QED) is 0.498. The number of amides is 1. The number of rotatable bonds is 4. The highest BCUT2D eigenvalue weighted by Crippen LogP contribution is 2.25. The fourth-order valence-corrected chi connectivity index (χ4v) is 3.57. The van der Waals surface area contributed by atoms with Crippen LogP contribution in [0, 0.1) is 17.0 Å². The van der Waals surface area contributed by atoms with E-state index in [1.807, 2.05) is 24.3 Å². The minimum Gasteiger partial charge on any atom is -0.473 e. The summed E-state index contributed by atoms with van der Waals surface area (Å²) in [7, 11) is 0. The first-order valence-corrected chi connectivity index (χ1v) is 9.44. The molecule has 1 saturated heterocycles. The Labute approximate surface area is 167 Å². The number of hydrogen-bond donors (Lipinski definition) is 0. The Morgan fingerprint density at radius 3 is 2.59 bits per heavy atom. The van der Waals surface area contributed by atoms with E-state index in [1.165, 1.54) is 6.07 Å². The molecule has 0 bridgehead atoms. The largest absolute Gasteiger partial charge is 0.473 e. The van der Waals surface area contributed by atoms with Crippen molar-refractivity contribution in [3.05, 3.63) is 69.9 Å². The van der Waals surface area contributed by atoms with Gasteiger partial charge >= 0.3 is 0 Å². The lowest BCUT2D eigenvalue weighted by Crippen LogP contribution is -2.42. The van der Waals surface area contributed by atoms with Crippen LogP contribution in [-0.4, -0.2) is 44.9 Å². The average molecular weight is 392 g/mol. The summed E-state index contributed by atoms with van der Waals surface area (Å²) in [5.41, 5.74) is 2.32. The lowest BCUT2D eigenvalue weighted by atomic mass is 10.0. The minimum atomic E-state index is -0.462. The lowest BCUT2D eigenvalue weighted by molar-refractivity contribution is -0.385. The number of ether oxygens (including phenoxy) is 1. The third-order valence-electron chi connectivity index (χ3n) is 5.18. The van der Waals surface area contributed by atoms with Gasteiger partial charge in [-0.2, -0.15) is 0 Å². The van der Waals surface area contributed by atoms with Gasteiger partial charge in [0.25, 0.3) is 11.6 Å². The molecule has 4 rings (SSSR count). The minimum absolute atomic E-state index is 0.0380. The Balaban J connectivity index is 1.40. The zero-order valence-corrected chi connectivity index (χ0v) is 15.9. The third-order valence-corrected chi connectivity index (χ3v) is 5.18. The summed E-state index contributed by atoms with van der Waals surface area (Å²) in [6, 6.07) is 12.2. The van der Waals surface area contributed by atoms with Crippen molar-refractivity contribution in [3.8, 4) is 5.88 Å². The number of hydrogen-bond acceptors (Lipinski definition) is 6. The molecule has 1 aliphatic heterocycles. The van der Waals surface area contributed by atoms with Gasteiger partial charge in [0.1, 0.15) is 6.10 Å². The van der Waals surface area contributed by atoms with Crippen LogP contribution < -0.4 is 4.74 Å².